The molecule has 352 valence electrons. The standard InChI is InChI=1S/C9H14O2.C8H14O4.C8H12O3.C8H14O2.C7H10O3.C3H6O.C3H8/c1-3-4-8-5-7(2)6-9(10)11-8;1-2-3-6(9)4-7(10)5-8(11)12;1-2-3-7-4-6(9)5-8(10)11-7;1-3-7-4-6(2)5-8(9)10-7;1-5-2-6(4-8)10-7(9)3-5;1-2-3-4;1-3-2/h3-4,7-8H,5-6H2,1-2H3;2-3,6-7,9-10H,4-5H2,1H3,(H,11,12);2-3,6-7,9H,4-5H2,1H3;6-7H,3-5H2,1-2H3;4-6H,2-3H2,1H3;3H,2H2,1H3;3H2,1-2H3/b4-3+;2*3-2+;;;;/t7-,8?;6?,7-;2*6-,7?;5-,6?;;/m11111../s1. The highest BCUT2D eigenvalue weighted by atomic mass is 16.6. The van der Waals surface area contributed by atoms with E-state index in [2.05, 4.69) is 34.6 Å². The summed E-state index contributed by atoms with van der Waals surface area (Å²) in [6.45, 7) is 19.8. The molecule has 4 rings (SSSR count). The molecule has 0 aromatic heterocycles. The second-order valence-corrected chi connectivity index (χ2v) is 15.4. The van der Waals surface area contributed by atoms with Crippen LogP contribution < -0.4 is 0 Å². The summed E-state index contributed by atoms with van der Waals surface area (Å²) in [6.07, 6.45) is 17.0. The third-order valence-corrected chi connectivity index (χ3v) is 8.46. The quantitative estimate of drug-likeness (QED) is 0.0751. The number of aliphatic hydroxyl groups excluding tert-OH is 3. The van der Waals surface area contributed by atoms with Gasteiger partial charge in [0.1, 0.15) is 24.6 Å². The number of aliphatic carboxylic acids is 1. The van der Waals surface area contributed by atoms with Crippen LogP contribution in [0.25, 0.3) is 0 Å². The van der Waals surface area contributed by atoms with Crippen molar-refractivity contribution in [2.45, 2.75) is 195 Å². The molecule has 0 amide bonds. The molecule has 4 heterocycles. The number of cyclic esters (lactones) is 4. The minimum absolute atomic E-state index is 0.0226. The van der Waals surface area contributed by atoms with Crippen molar-refractivity contribution >= 4 is 42.4 Å². The lowest BCUT2D eigenvalue weighted by atomic mass is 9.96. The number of allylic oxidation sites excluding steroid dienone is 3. The number of hydrogen-bond acceptors (Lipinski definition) is 14. The summed E-state index contributed by atoms with van der Waals surface area (Å²) in [5.74, 6) is -0.435. The molecule has 5 unspecified atom stereocenters. The monoisotopic (exact) mass is 871 g/mol. The van der Waals surface area contributed by atoms with E-state index in [4.69, 9.17) is 39.4 Å². The van der Waals surface area contributed by atoms with Crippen LogP contribution in [0.2, 0.25) is 0 Å². The first-order chi connectivity index (χ1) is 28.8. The summed E-state index contributed by atoms with van der Waals surface area (Å²) in [5.41, 5.74) is 0. The molecule has 4 aliphatic rings. The molecule has 0 radical (unpaired) electrons. The molecule has 4 aliphatic heterocycles. The maximum Gasteiger partial charge on any atom is 0.309 e. The molecule has 0 saturated carbocycles. The van der Waals surface area contributed by atoms with Gasteiger partial charge < -0.3 is 44.2 Å². The van der Waals surface area contributed by atoms with Crippen molar-refractivity contribution in [1.82, 2.24) is 0 Å². The number of carboxylic acid groups (broad SMARTS) is 1. The zero-order valence-corrected chi connectivity index (χ0v) is 38.4. The molecule has 0 aliphatic carbocycles. The van der Waals surface area contributed by atoms with Gasteiger partial charge in [-0.2, -0.15) is 0 Å². The van der Waals surface area contributed by atoms with Crippen LogP contribution in [0.4, 0.5) is 0 Å². The Kier molecular flexibility index (Phi) is 38.8. The smallest absolute Gasteiger partial charge is 0.309 e. The Balaban J connectivity index is -0.000000663. The third-order valence-electron chi connectivity index (χ3n) is 8.46. The van der Waals surface area contributed by atoms with E-state index < -0.39 is 30.4 Å². The highest BCUT2D eigenvalue weighted by molar-refractivity contribution is 5.74. The molecule has 4 saturated heterocycles. The molecular formula is C46H78O15. The van der Waals surface area contributed by atoms with E-state index in [9.17, 15) is 33.6 Å². The number of aldehydes is 2. The van der Waals surface area contributed by atoms with E-state index in [1.165, 1.54) is 12.5 Å². The minimum Gasteiger partial charge on any atom is -0.481 e. The van der Waals surface area contributed by atoms with Crippen molar-refractivity contribution in [3.8, 4) is 0 Å². The predicted molar refractivity (Wildman–Crippen MR) is 232 cm³/mol. The fourth-order valence-corrected chi connectivity index (χ4v) is 5.83. The largest absolute Gasteiger partial charge is 0.481 e. The van der Waals surface area contributed by atoms with Crippen LogP contribution in [0.1, 0.15) is 153 Å². The molecule has 4 fully saturated rings. The van der Waals surface area contributed by atoms with Gasteiger partial charge in [-0.15, -0.1) is 0 Å². The van der Waals surface area contributed by atoms with Gasteiger partial charge in [0, 0.05) is 38.5 Å². The number of aliphatic hydroxyl groups is 3. The third kappa shape index (κ3) is 37.3. The van der Waals surface area contributed by atoms with Crippen molar-refractivity contribution in [2.75, 3.05) is 0 Å². The Morgan fingerprint density at radius 2 is 1.08 bits per heavy atom. The van der Waals surface area contributed by atoms with Gasteiger partial charge in [-0.1, -0.05) is 79.2 Å². The topological polar surface area (TPSA) is 237 Å². The fourth-order valence-electron chi connectivity index (χ4n) is 5.83. The molecular weight excluding hydrogens is 792 g/mol. The van der Waals surface area contributed by atoms with Crippen LogP contribution in [-0.2, 0) is 52.5 Å². The van der Waals surface area contributed by atoms with Gasteiger partial charge in [0.2, 0.25) is 0 Å². The second-order valence-electron chi connectivity index (χ2n) is 15.4. The number of carboxylic acids is 1. The average molecular weight is 871 g/mol. The number of ether oxygens (including phenoxy) is 4. The number of carbonyl (C=O) groups excluding carboxylic acids is 6. The first kappa shape index (κ1) is 61.1. The van der Waals surface area contributed by atoms with E-state index in [-0.39, 0.29) is 67.4 Å². The number of esters is 4. The molecule has 15 nitrogen and oxygen atoms in total. The van der Waals surface area contributed by atoms with Crippen LogP contribution in [0.3, 0.4) is 0 Å². The molecule has 0 aromatic rings. The van der Waals surface area contributed by atoms with Crippen molar-refractivity contribution in [2.24, 2.45) is 17.8 Å². The van der Waals surface area contributed by atoms with Gasteiger partial charge in [-0.05, 0) is 76.4 Å². The molecule has 0 aromatic carbocycles. The molecule has 15 heteroatoms. The van der Waals surface area contributed by atoms with Crippen LogP contribution >= 0.6 is 0 Å². The Bertz CT molecular complexity index is 1270. The molecule has 61 heavy (non-hydrogen) atoms. The number of carbonyl (C=O) groups is 7. The van der Waals surface area contributed by atoms with Gasteiger partial charge in [-0.25, -0.2) is 0 Å². The van der Waals surface area contributed by atoms with Crippen LogP contribution in [0.15, 0.2) is 36.5 Å². The number of rotatable bonds is 10. The van der Waals surface area contributed by atoms with Crippen molar-refractivity contribution in [3.05, 3.63) is 36.5 Å². The Morgan fingerprint density at radius 3 is 1.44 bits per heavy atom. The van der Waals surface area contributed by atoms with Crippen molar-refractivity contribution in [3.63, 3.8) is 0 Å². The summed E-state index contributed by atoms with van der Waals surface area (Å²) in [4.78, 5) is 72.6. The van der Waals surface area contributed by atoms with E-state index >= 15 is 0 Å². The molecule has 10 atom stereocenters. The zero-order valence-electron chi connectivity index (χ0n) is 38.4. The first-order valence-corrected chi connectivity index (χ1v) is 21.6. The highest BCUT2D eigenvalue weighted by Crippen LogP contribution is 2.23. The molecule has 0 bridgehead atoms. The van der Waals surface area contributed by atoms with Crippen molar-refractivity contribution < 1.29 is 72.9 Å². The van der Waals surface area contributed by atoms with Crippen LogP contribution in [-0.4, -0.2) is 106 Å². The summed E-state index contributed by atoms with van der Waals surface area (Å²) in [7, 11) is 0. The van der Waals surface area contributed by atoms with Gasteiger partial charge in [0.05, 0.1) is 31.2 Å². The van der Waals surface area contributed by atoms with E-state index in [1.807, 2.05) is 45.9 Å². The zero-order chi connectivity index (χ0) is 47.3. The summed E-state index contributed by atoms with van der Waals surface area (Å²) in [5, 5.41) is 35.5. The first-order valence-electron chi connectivity index (χ1n) is 21.6. The fraction of sp³-hybridized carbons (Fsp3) is 0.717. The maximum atomic E-state index is 10.9. The number of hydrogen-bond donors (Lipinski definition) is 4. The summed E-state index contributed by atoms with van der Waals surface area (Å²) < 4.78 is 19.7. The van der Waals surface area contributed by atoms with Crippen molar-refractivity contribution in [1.29, 1.82) is 0 Å². The van der Waals surface area contributed by atoms with Crippen LogP contribution in [0, 0.1) is 17.8 Å². The van der Waals surface area contributed by atoms with Gasteiger partial charge in [-0.3, -0.25) is 28.8 Å². The Morgan fingerprint density at radius 1 is 0.672 bits per heavy atom. The second kappa shape index (κ2) is 38.7. The molecule has 0 spiro atoms. The average Bonchev–Trinajstić information content (AvgIpc) is 3.15. The highest BCUT2D eigenvalue weighted by Gasteiger charge is 2.27. The predicted octanol–water partition coefficient (Wildman–Crippen LogP) is 6.96. The van der Waals surface area contributed by atoms with E-state index in [0.29, 0.717) is 56.6 Å². The molecule has 4 N–H and O–H groups in total. The van der Waals surface area contributed by atoms with Gasteiger partial charge in [0.15, 0.2) is 12.4 Å². The van der Waals surface area contributed by atoms with Crippen LogP contribution in [0.5, 0.6) is 0 Å². The van der Waals surface area contributed by atoms with Gasteiger partial charge in [0.25, 0.3) is 0 Å². The Labute approximate surface area is 364 Å². The lowest BCUT2D eigenvalue weighted by molar-refractivity contribution is -0.158. The van der Waals surface area contributed by atoms with Gasteiger partial charge >= 0.3 is 29.8 Å². The Hall–Kier alpha value is -4.21. The van der Waals surface area contributed by atoms with E-state index in [0.717, 1.165) is 25.5 Å². The lowest BCUT2D eigenvalue weighted by Crippen LogP contribution is -2.31. The SMILES string of the molecule is C/C=C/C(O)C[C@@H](O)CC(=O)O.C/C=C/C1C[C@@H](C)CC(=O)O1.C/C=C/C1C[C@@H](O)CC(=O)O1.CCC.CCC1C[C@@H](C)CC(=O)O1.CCC=O.C[C@H]1CC(=O)OC(C=O)C1. The summed E-state index contributed by atoms with van der Waals surface area (Å²) >= 11 is 0. The maximum absolute atomic E-state index is 10.9. The lowest BCUT2D eigenvalue weighted by Gasteiger charge is -2.25. The minimum atomic E-state index is -1.06. The van der Waals surface area contributed by atoms with E-state index in [1.54, 1.807) is 19.1 Å². The normalized spacial score (nSPS) is 26.5. The summed E-state index contributed by atoms with van der Waals surface area (Å²) in [6, 6.07) is 0.